The molecule has 138 valence electrons. The van der Waals surface area contributed by atoms with E-state index < -0.39 is 11.6 Å². The van der Waals surface area contributed by atoms with Gasteiger partial charge in [0.1, 0.15) is 11.5 Å². The van der Waals surface area contributed by atoms with Crippen LogP contribution in [-0.2, 0) is 15.1 Å². The van der Waals surface area contributed by atoms with Crippen molar-refractivity contribution in [3.63, 3.8) is 0 Å². The number of para-hydroxylation sites is 1. The molecule has 0 bridgehead atoms. The van der Waals surface area contributed by atoms with E-state index in [-0.39, 0.29) is 12.6 Å². The molecule has 1 unspecified atom stereocenters. The van der Waals surface area contributed by atoms with Crippen molar-refractivity contribution in [3.8, 4) is 11.5 Å². The largest absolute Gasteiger partial charge is 0.462 e. The maximum atomic E-state index is 12.7. The van der Waals surface area contributed by atoms with Crippen molar-refractivity contribution >= 4 is 11.9 Å². The topological polar surface area (TPSA) is 61.8 Å². The fourth-order valence-corrected chi connectivity index (χ4v) is 3.97. The molecule has 0 aliphatic carbocycles. The summed E-state index contributed by atoms with van der Waals surface area (Å²) in [6.07, 6.45) is 0. The molecule has 2 aliphatic rings. The van der Waals surface area contributed by atoms with Crippen LogP contribution in [0.4, 0.5) is 0 Å². The van der Waals surface area contributed by atoms with Crippen LogP contribution in [0, 0.1) is 0 Å². The van der Waals surface area contributed by atoms with E-state index >= 15 is 0 Å². The molecule has 1 atom stereocenters. The molecule has 2 aliphatic heterocycles. The van der Waals surface area contributed by atoms with Gasteiger partial charge in [-0.2, -0.15) is 0 Å². The van der Waals surface area contributed by atoms with Gasteiger partial charge in [0.15, 0.2) is 5.60 Å². The Morgan fingerprint density at radius 2 is 1.64 bits per heavy atom. The predicted molar refractivity (Wildman–Crippen MR) is 101 cm³/mol. The Bertz CT molecular complexity index is 1130. The molecule has 0 radical (unpaired) electrons. The summed E-state index contributed by atoms with van der Waals surface area (Å²) in [6.45, 7) is 2.04. The van der Waals surface area contributed by atoms with Crippen LogP contribution in [0.5, 0.6) is 11.5 Å². The summed E-state index contributed by atoms with van der Waals surface area (Å²) >= 11 is 0. The summed E-state index contributed by atoms with van der Waals surface area (Å²) in [5.41, 5.74) is 2.00. The summed E-state index contributed by atoms with van der Waals surface area (Å²) in [6, 6.07) is 19.9. The molecular weight excluding hydrogens is 356 g/mol. The van der Waals surface area contributed by atoms with E-state index in [1.807, 2.05) is 42.5 Å². The Morgan fingerprint density at radius 1 is 0.929 bits per heavy atom. The number of hydrogen-bond acceptors (Lipinski definition) is 5. The van der Waals surface area contributed by atoms with Crippen LogP contribution in [-0.4, -0.2) is 18.5 Å². The lowest BCUT2D eigenvalue weighted by Crippen LogP contribution is -2.33. The highest BCUT2D eigenvalue weighted by molar-refractivity contribution is 5.97. The van der Waals surface area contributed by atoms with E-state index in [9.17, 15) is 9.59 Å². The van der Waals surface area contributed by atoms with Crippen LogP contribution >= 0.6 is 0 Å². The Kier molecular flexibility index (Phi) is 3.52. The fraction of sp³-hybridized carbons (Fsp3) is 0.130. The van der Waals surface area contributed by atoms with Crippen LogP contribution in [0.2, 0.25) is 0 Å². The zero-order valence-corrected chi connectivity index (χ0v) is 15.1. The van der Waals surface area contributed by atoms with Crippen LogP contribution in [0.25, 0.3) is 0 Å². The van der Waals surface area contributed by atoms with E-state index in [4.69, 9.17) is 14.2 Å². The number of fused-ring (bicyclic) bond motifs is 6. The zero-order valence-electron chi connectivity index (χ0n) is 15.1. The third kappa shape index (κ3) is 2.13. The van der Waals surface area contributed by atoms with Crippen LogP contribution in [0.3, 0.4) is 0 Å². The zero-order chi connectivity index (χ0) is 19.3. The van der Waals surface area contributed by atoms with E-state index in [0.717, 1.165) is 11.1 Å². The Morgan fingerprint density at radius 3 is 2.46 bits per heavy atom. The van der Waals surface area contributed by atoms with Crippen molar-refractivity contribution in [2.75, 3.05) is 6.61 Å². The van der Waals surface area contributed by atoms with Crippen molar-refractivity contribution in [2.24, 2.45) is 0 Å². The SMILES string of the molecule is CCOC(=O)c1ccc2c(c1)Oc1ccccc1C21OC(=O)c2ccccc21. The number of rotatable bonds is 2. The fourth-order valence-electron chi connectivity index (χ4n) is 3.97. The summed E-state index contributed by atoms with van der Waals surface area (Å²) < 4.78 is 17.2. The minimum Gasteiger partial charge on any atom is -0.462 e. The van der Waals surface area contributed by atoms with Gasteiger partial charge in [0, 0.05) is 16.7 Å². The Balaban J connectivity index is 1.78. The van der Waals surface area contributed by atoms with Crippen LogP contribution in [0.1, 0.15) is 44.3 Å². The van der Waals surface area contributed by atoms with E-state index in [1.54, 1.807) is 31.2 Å². The highest BCUT2D eigenvalue weighted by Crippen LogP contribution is 2.55. The molecule has 3 aromatic rings. The minimum atomic E-state index is -1.11. The molecule has 5 heteroatoms. The van der Waals surface area contributed by atoms with Crippen molar-refractivity contribution in [1.29, 1.82) is 0 Å². The average molecular weight is 372 g/mol. The standard InChI is InChI=1S/C23H16O5/c1-2-26-21(24)14-11-12-18-20(13-14)27-19-10-6-5-9-17(19)23(18)16-8-4-3-7-15(16)22(25)28-23/h3-13H,2H2,1H3. The third-order valence-corrected chi connectivity index (χ3v) is 5.13. The quantitative estimate of drug-likeness (QED) is 0.623. The first-order valence-electron chi connectivity index (χ1n) is 9.07. The summed E-state index contributed by atoms with van der Waals surface area (Å²) in [7, 11) is 0. The van der Waals surface area contributed by atoms with Gasteiger partial charge in [0.25, 0.3) is 0 Å². The number of carbonyl (C=O) groups excluding carboxylic acids is 2. The molecule has 2 heterocycles. The molecule has 0 fully saturated rings. The Labute approximate surface area is 161 Å². The summed E-state index contributed by atoms with van der Waals surface area (Å²) in [4.78, 5) is 24.9. The highest BCUT2D eigenvalue weighted by atomic mass is 16.6. The molecule has 0 aromatic heterocycles. The number of carbonyl (C=O) groups is 2. The van der Waals surface area contributed by atoms with Crippen molar-refractivity contribution in [2.45, 2.75) is 12.5 Å². The second-order valence-corrected chi connectivity index (χ2v) is 6.65. The van der Waals surface area contributed by atoms with Gasteiger partial charge in [-0.05, 0) is 37.3 Å². The molecule has 28 heavy (non-hydrogen) atoms. The van der Waals surface area contributed by atoms with Gasteiger partial charge < -0.3 is 14.2 Å². The van der Waals surface area contributed by atoms with Gasteiger partial charge in [-0.1, -0.05) is 36.4 Å². The molecular formula is C23H16O5. The monoisotopic (exact) mass is 372 g/mol. The molecule has 0 saturated heterocycles. The second kappa shape index (κ2) is 5.96. The predicted octanol–water partition coefficient (Wildman–Crippen LogP) is 4.43. The first kappa shape index (κ1) is 16.6. The van der Waals surface area contributed by atoms with Crippen LogP contribution < -0.4 is 4.74 Å². The first-order valence-corrected chi connectivity index (χ1v) is 9.07. The van der Waals surface area contributed by atoms with Crippen molar-refractivity contribution in [1.82, 2.24) is 0 Å². The van der Waals surface area contributed by atoms with Gasteiger partial charge >= 0.3 is 11.9 Å². The average Bonchev–Trinajstić information content (AvgIpc) is 3.02. The lowest BCUT2D eigenvalue weighted by molar-refractivity contribution is 0.0223. The van der Waals surface area contributed by atoms with Crippen LogP contribution in [0.15, 0.2) is 66.7 Å². The minimum absolute atomic E-state index is 0.286. The van der Waals surface area contributed by atoms with Gasteiger partial charge in [-0.3, -0.25) is 0 Å². The summed E-state index contributed by atoms with van der Waals surface area (Å²) in [5, 5.41) is 0. The summed E-state index contributed by atoms with van der Waals surface area (Å²) in [5.74, 6) is 0.243. The number of hydrogen-bond donors (Lipinski definition) is 0. The Hall–Kier alpha value is -3.60. The van der Waals surface area contributed by atoms with Crippen molar-refractivity contribution in [3.05, 3.63) is 94.5 Å². The maximum Gasteiger partial charge on any atom is 0.340 e. The second-order valence-electron chi connectivity index (χ2n) is 6.65. The molecule has 0 amide bonds. The van der Waals surface area contributed by atoms with E-state index in [2.05, 4.69) is 0 Å². The lowest BCUT2D eigenvalue weighted by atomic mass is 9.77. The maximum absolute atomic E-state index is 12.7. The van der Waals surface area contributed by atoms with Crippen molar-refractivity contribution < 1.29 is 23.8 Å². The van der Waals surface area contributed by atoms with E-state index in [0.29, 0.717) is 28.2 Å². The molecule has 5 rings (SSSR count). The molecule has 3 aromatic carbocycles. The third-order valence-electron chi connectivity index (χ3n) is 5.13. The lowest BCUT2D eigenvalue weighted by Gasteiger charge is -2.36. The highest BCUT2D eigenvalue weighted by Gasteiger charge is 2.53. The first-order chi connectivity index (χ1) is 13.6. The smallest absolute Gasteiger partial charge is 0.340 e. The number of ether oxygens (including phenoxy) is 3. The van der Waals surface area contributed by atoms with E-state index in [1.165, 1.54) is 0 Å². The van der Waals surface area contributed by atoms with Gasteiger partial charge in [-0.25, -0.2) is 9.59 Å². The van der Waals surface area contributed by atoms with Gasteiger partial charge in [0.05, 0.1) is 17.7 Å². The molecule has 0 N–H and O–H groups in total. The number of esters is 2. The van der Waals surface area contributed by atoms with Gasteiger partial charge in [0.2, 0.25) is 0 Å². The normalized spacial score (nSPS) is 18.5. The van der Waals surface area contributed by atoms with Gasteiger partial charge in [-0.15, -0.1) is 0 Å². The number of benzene rings is 3. The molecule has 0 saturated carbocycles. The molecule has 1 spiro atoms. The molecule has 5 nitrogen and oxygen atoms in total.